The van der Waals surface area contributed by atoms with Gasteiger partial charge in [0.05, 0.1) is 19.7 Å². The molecule has 0 bridgehead atoms. The molecule has 0 atom stereocenters. The van der Waals surface area contributed by atoms with Crippen molar-refractivity contribution in [3.05, 3.63) is 71.8 Å². The van der Waals surface area contributed by atoms with Crippen LogP contribution in [0.15, 0.2) is 60.7 Å². The first-order valence-corrected chi connectivity index (χ1v) is 9.30. The molecule has 0 saturated carbocycles. The van der Waals surface area contributed by atoms with Gasteiger partial charge in [0.25, 0.3) is 0 Å². The van der Waals surface area contributed by atoms with Gasteiger partial charge in [0.1, 0.15) is 12.0 Å². The fraction of sp³-hybridized carbons (Fsp3) is 0.364. The topological polar surface area (TPSA) is 47.8 Å². The maximum atomic E-state index is 12.8. The minimum Gasteiger partial charge on any atom is -1.00 e. The second-order valence-electron chi connectivity index (χ2n) is 6.88. The molecule has 5 heteroatoms. The Labute approximate surface area is 166 Å². The van der Waals surface area contributed by atoms with Gasteiger partial charge in [0.2, 0.25) is 5.78 Å². The number of nitrogens with one attached hydrogen (secondary N) is 1. The van der Waals surface area contributed by atoms with Crippen LogP contribution in [0.1, 0.15) is 35.7 Å². The Balaban J connectivity index is 0.00000261. The predicted molar refractivity (Wildman–Crippen MR) is 100 cm³/mol. The van der Waals surface area contributed by atoms with Crippen molar-refractivity contribution >= 4 is 11.8 Å². The number of piperidine rings is 1. The molecule has 0 amide bonds. The number of rotatable bonds is 6. The van der Waals surface area contributed by atoms with Gasteiger partial charge in [0.15, 0.2) is 0 Å². The Hall–Kier alpha value is -2.17. The molecule has 1 aliphatic heterocycles. The zero-order chi connectivity index (χ0) is 18.4. The zero-order valence-corrected chi connectivity index (χ0v) is 16.4. The number of Topliss-reactive ketones (excluding diaryl/α,β-unsaturated/α-hetero) is 1. The van der Waals surface area contributed by atoms with Crippen LogP contribution < -0.4 is 17.3 Å². The van der Waals surface area contributed by atoms with Crippen LogP contribution in [0.25, 0.3) is 0 Å². The van der Waals surface area contributed by atoms with Gasteiger partial charge in [-0.2, -0.15) is 0 Å². The van der Waals surface area contributed by atoms with Crippen molar-refractivity contribution in [3.8, 4) is 0 Å². The number of hydrogen-bond acceptors (Lipinski definition) is 3. The average molecular weight is 388 g/mol. The van der Waals surface area contributed by atoms with E-state index in [-0.39, 0.29) is 24.2 Å². The largest absolute Gasteiger partial charge is 1.00 e. The summed E-state index contributed by atoms with van der Waals surface area (Å²) in [7, 11) is 0. The van der Waals surface area contributed by atoms with Crippen LogP contribution in [0.4, 0.5) is 0 Å². The van der Waals surface area contributed by atoms with Crippen molar-refractivity contribution in [2.45, 2.75) is 25.2 Å². The number of likely N-dealkylation sites (tertiary alicyclic amines) is 1. The third kappa shape index (κ3) is 4.76. The predicted octanol–water partition coefficient (Wildman–Crippen LogP) is -0.947. The molecule has 1 aliphatic rings. The van der Waals surface area contributed by atoms with Gasteiger partial charge in [-0.25, -0.2) is 0 Å². The summed E-state index contributed by atoms with van der Waals surface area (Å²) in [4.78, 5) is 26.5. The van der Waals surface area contributed by atoms with E-state index >= 15 is 0 Å². The number of benzene rings is 2. The van der Waals surface area contributed by atoms with Gasteiger partial charge in [-0.3, -0.25) is 9.59 Å². The van der Waals surface area contributed by atoms with Crippen LogP contribution in [0.5, 0.6) is 0 Å². The highest BCUT2D eigenvalue weighted by molar-refractivity contribution is 5.96. The van der Waals surface area contributed by atoms with E-state index in [2.05, 4.69) is 0 Å². The van der Waals surface area contributed by atoms with Crippen LogP contribution in [0.3, 0.4) is 0 Å². The monoisotopic (exact) mass is 387 g/mol. The number of quaternary nitrogens is 1. The molecular formula is C22H26ClNO3. The van der Waals surface area contributed by atoms with E-state index in [4.69, 9.17) is 4.74 Å². The highest BCUT2D eigenvalue weighted by Crippen LogP contribution is 2.34. The van der Waals surface area contributed by atoms with Crippen molar-refractivity contribution < 1.29 is 31.6 Å². The van der Waals surface area contributed by atoms with Gasteiger partial charge in [-0.15, -0.1) is 0 Å². The molecule has 0 spiro atoms. The van der Waals surface area contributed by atoms with E-state index in [1.165, 1.54) is 4.90 Å². The molecule has 1 N–H and O–H groups in total. The van der Waals surface area contributed by atoms with Crippen molar-refractivity contribution in [2.75, 3.05) is 26.2 Å². The number of carbonyl (C=O) groups is 2. The summed E-state index contributed by atoms with van der Waals surface area (Å²) in [6.07, 6.45) is 1.40. The van der Waals surface area contributed by atoms with E-state index in [9.17, 15) is 9.59 Å². The van der Waals surface area contributed by atoms with Crippen LogP contribution in [-0.4, -0.2) is 38.0 Å². The van der Waals surface area contributed by atoms with E-state index < -0.39 is 5.41 Å². The average Bonchev–Trinajstić information content (AvgIpc) is 2.70. The van der Waals surface area contributed by atoms with Crippen molar-refractivity contribution in [1.29, 1.82) is 0 Å². The number of ether oxygens (including phenoxy) is 1. The molecule has 4 nitrogen and oxygen atoms in total. The van der Waals surface area contributed by atoms with Crippen LogP contribution in [0, 0.1) is 0 Å². The number of esters is 1. The molecular weight excluding hydrogens is 362 g/mol. The van der Waals surface area contributed by atoms with Gasteiger partial charge in [-0.1, -0.05) is 60.7 Å². The number of carbonyl (C=O) groups excluding carboxylic acids is 2. The number of halogens is 1. The molecule has 0 aliphatic carbocycles. The standard InChI is InChI=1S/C22H25NO3.ClH/c1-2-26-21(25)22(19-11-7-4-8-12-19)13-15-23(16-14-22)17-20(24)18-9-5-3-6-10-18;/h3-12H,2,13-17H2,1H3;1H. The Morgan fingerprint density at radius 2 is 1.52 bits per heavy atom. The summed E-state index contributed by atoms with van der Waals surface area (Å²) in [6, 6.07) is 19.3. The minimum atomic E-state index is -0.587. The lowest BCUT2D eigenvalue weighted by Crippen LogP contribution is -3.14. The van der Waals surface area contributed by atoms with Crippen molar-refractivity contribution in [2.24, 2.45) is 0 Å². The first kappa shape index (κ1) is 21.1. The first-order valence-electron chi connectivity index (χ1n) is 9.30. The normalized spacial score (nSPS) is 21.7. The lowest BCUT2D eigenvalue weighted by Gasteiger charge is -2.38. The third-order valence-corrected chi connectivity index (χ3v) is 5.31. The molecule has 0 unspecified atom stereocenters. The second-order valence-corrected chi connectivity index (χ2v) is 6.88. The lowest BCUT2D eigenvalue weighted by molar-refractivity contribution is -0.897. The summed E-state index contributed by atoms with van der Waals surface area (Å²) in [5.74, 6) is 0.0172. The van der Waals surface area contributed by atoms with E-state index in [0.717, 1.165) is 24.2 Å². The molecule has 0 aromatic heterocycles. The number of hydrogen-bond donors (Lipinski definition) is 1. The maximum Gasteiger partial charge on any atom is 0.317 e. The van der Waals surface area contributed by atoms with Gasteiger partial charge >= 0.3 is 5.97 Å². The quantitative estimate of drug-likeness (QED) is 0.514. The zero-order valence-electron chi connectivity index (χ0n) is 15.6. The lowest BCUT2D eigenvalue weighted by atomic mass is 9.72. The molecule has 27 heavy (non-hydrogen) atoms. The molecule has 1 saturated heterocycles. The molecule has 2 aromatic carbocycles. The SMILES string of the molecule is CCOC(=O)C1(c2ccccc2)CC[NH+](CC(=O)c2ccccc2)CC1.[Cl-]. The highest BCUT2D eigenvalue weighted by atomic mass is 35.5. The van der Waals surface area contributed by atoms with Crippen LogP contribution >= 0.6 is 0 Å². The van der Waals surface area contributed by atoms with Crippen molar-refractivity contribution in [3.63, 3.8) is 0 Å². The molecule has 1 heterocycles. The minimum absolute atomic E-state index is 0. The Morgan fingerprint density at radius 1 is 0.963 bits per heavy atom. The van der Waals surface area contributed by atoms with E-state index in [1.54, 1.807) is 0 Å². The van der Waals surface area contributed by atoms with E-state index in [0.29, 0.717) is 26.0 Å². The van der Waals surface area contributed by atoms with Gasteiger partial charge in [0, 0.05) is 18.4 Å². The summed E-state index contributed by atoms with van der Waals surface area (Å²) in [5.41, 5.74) is 1.19. The second kappa shape index (κ2) is 9.67. The van der Waals surface area contributed by atoms with Crippen LogP contribution in [0.2, 0.25) is 0 Å². The fourth-order valence-corrected chi connectivity index (χ4v) is 3.80. The fourth-order valence-electron chi connectivity index (χ4n) is 3.80. The van der Waals surface area contributed by atoms with E-state index in [1.807, 2.05) is 67.6 Å². The summed E-state index contributed by atoms with van der Waals surface area (Å²) in [5, 5.41) is 0. The highest BCUT2D eigenvalue weighted by Gasteiger charge is 2.46. The summed E-state index contributed by atoms with van der Waals surface area (Å²) < 4.78 is 5.41. The molecule has 2 aromatic rings. The number of ketones is 1. The molecule has 144 valence electrons. The van der Waals surface area contributed by atoms with Crippen molar-refractivity contribution in [1.82, 2.24) is 0 Å². The Bertz CT molecular complexity index is 741. The summed E-state index contributed by atoms with van der Waals surface area (Å²) in [6.45, 7) is 4.27. The smallest absolute Gasteiger partial charge is 0.317 e. The van der Waals surface area contributed by atoms with Gasteiger partial charge in [-0.05, 0) is 12.5 Å². The summed E-state index contributed by atoms with van der Waals surface area (Å²) >= 11 is 0. The molecule has 1 fully saturated rings. The molecule has 0 radical (unpaired) electrons. The van der Waals surface area contributed by atoms with Gasteiger partial charge < -0.3 is 22.0 Å². The third-order valence-electron chi connectivity index (χ3n) is 5.31. The molecule has 3 rings (SSSR count). The first-order chi connectivity index (χ1) is 12.7. The van der Waals surface area contributed by atoms with Crippen LogP contribution in [-0.2, 0) is 14.9 Å². The maximum absolute atomic E-state index is 12.8. The Morgan fingerprint density at radius 3 is 2.07 bits per heavy atom. The Kier molecular flexibility index (Phi) is 7.57.